The molecular formula is C23H28BrClN2O2S. The van der Waals surface area contributed by atoms with E-state index in [-0.39, 0.29) is 11.8 Å². The van der Waals surface area contributed by atoms with Crippen molar-refractivity contribution in [1.29, 1.82) is 0 Å². The fraction of sp³-hybridized carbons (Fsp3) is 0.391. The zero-order chi connectivity index (χ0) is 22.1. The van der Waals surface area contributed by atoms with Gasteiger partial charge < -0.3 is 10.2 Å². The number of halogens is 2. The quantitative estimate of drug-likeness (QED) is 0.456. The number of benzene rings is 2. The van der Waals surface area contributed by atoms with Gasteiger partial charge in [-0.3, -0.25) is 9.59 Å². The van der Waals surface area contributed by atoms with Gasteiger partial charge in [-0.2, -0.15) is 0 Å². The Hall–Kier alpha value is -1.50. The van der Waals surface area contributed by atoms with Gasteiger partial charge in [-0.15, -0.1) is 11.8 Å². The van der Waals surface area contributed by atoms with Gasteiger partial charge in [0.2, 0.25) is 11.8 Å². The predicted molar refractivity (Wildman–Crippen MR) is 130 cm³/mol. The van der Waals surface area contributed by atoms with Crippen molar-refractivity contribution in [2.75, 3.05) is 12.3 Å². The molecule has 0 saturated heterocycles. The molecule has 0 aromatic heterocycles. The van der Waals surface area contributed by atoms with Crippen molar-refractivity contribution < 1.29 is 9.59 Å². The highest BCUT2D eigenvalue weighted by Crippen LogP contribution is 2.19. The molecule has 4 nitrogen and oxygen atoms in total. The van der Waals surface area contributed by atoms with E-state index in [0.29, 0.717) is 35.5 Å². The highest BCUT2D eigenvalue weighted by Gasteiger charge is 2.26. The molecule has 2 aromatic carbocycles. The second-order valence-electron chi connectivity index (χ2n) is 7.59. The summed E-state index contributed by atoms with van der Waals surface area (Å²) in [5.41, 5.74) is 2.04. The van der Waals surface area contributed by atoms with Crippen LogP contribution in [0.5, 0.6) is 0 Å². The summed E-state index contributed by atoms with van der Waals surface area (Å²) in [4.78, 5) is 27.4. The third kappa shape index (κ3) is 8.32. The van der Waals surface area contributed by atoms with Crippen LogP contribution in [-0.2, 0) is 21.9 Å². The van der Waals surface area contributed by atoms with E-state index in [1.54, 1.807) is 11.8 Å². The zero-order valence-electron chi connectivity index (χ0n) is 17.5. The molecule has 0 aliphatic carbocycles. The van der Waals surface area contributed by atoms with Gasteiger partial charge in [-0.05, 0) is 48.2 Å². The van der Waals surface area contributed by atoms with Crippen LogP contribution in [0.2, 0.25) is 5.02 Å². The topological polar surface area (TPSA) is 49.4 Å². The Morgan fingerprint density at radius 2 is 1.80 bits per heavy atom. The lowest BCUT2D eigenvalue weighted by Gasteiger charge is -2.29. The second-order valence-corrected chi connectivity index (χ2v) is 9.93. The smallest absolute Gasteiger partial charge is 0.242 e. The van der Waals surface area contributed by atoms with E-state index in [0.717, 1.165) is 15.6 Å². The van der Waals surface area contributed by atoms with E-state index in [1.807, 2.05) is 62.4 Å². The van der Waals surface area contributed by atoms with Crippen molar-refractivity contribution in [3.8, 4) is 0 Å². The average Bonchev–Trinajstić information content (AvgIpc) is 2.69. The standard InChI is InChI=1S/C23H28BrClN2O2S/c1-16(2)12-26-23(29)17(3)27(13-18-6-4-8-20(24)10-18)22(28)15-30-14-19-7-5-9-21(25)11-19/h4-11,16-17H,12-15H2,1-3H3,(H,26,29). The number of carbonyl (C=O) groups is 2. The first kappa shape index (κ1) is 24.8. The van der Waals surface area contributed by atoms with Crippen LogP contribution in [0.25, 0.3) is 0 Å². The third-order valence-electron chi connectivity index (χ3n) is 4.48. The molecule has 2 amide bonds. The number of nitrogens with zero attached hydrogens (tertiary/aromatic N) is 1. The lowest BCUT2D eigenvalue weighted by molar-refractivity contribution is -0.138. The largest absolute Gasteiger partial charge is 0.354 e. The first-order chi connectivity index (χ1) is 14.3. The maximum Gasteiger partial charge on any atom is 0.242 e. The van der Waals surface area contributed by atoms with E-state index in [4.69, 9.17) is 11.6 Å². The molecule has 0 saturated carbocycles. The van der Waals surface area contributed by atoms with E-state index in [9.17, 15) is 9.59 Å². The molecule has 0 radical (unpaired) electrons. The number of rotatable bonds is 10. The van der Waals surface area contributed by atoms with Crippen LogP contribution in [0.3, 0.4) is 0 Å². The minimum atomic E-state index is -0.554. The Bertz CT molecular complexity index is 863. The summed E-state index contributed by atoms with van der Waals surface area (Å²) in [5.74, 6) is 1.14. The maximum absolute atomic E-state index is 13.1. The normalized spacial score (nSPS) is 11.9. The van der Waals surface area contributed by atoms with Gasteiger partial charge in [0.1, 0.15) is 6.04 Å². The lowest BCUT2D eigenvalue weighted by Crippen LogP contribution is -2.48. The molecule has 1 N–H and O–H groups in total. The van der Waals surface area contributed by atoms with Gasteiger partial charge in [0.05, 0.1) is 5.75 Å². The first-order valence-electron chi connectivity index (χ1n) is 9.90. The van der Waals surface area contributed by atoms with Crippen molar-refractivity contribution >= 4 is 51.1 Å². The molecule has 0 heterocycles. The number of carbonyl (C=O) groups excluding carboxylic acids is 2. The molecule has 1 unspecified atom stereocenters. The van der Waals surface area contributed by atoms with Gasteiger partial charge in [0.15, 0.2) is 0 Å². The molecule has 1 atom stereocenters. The van der Waals surface area contributed by atoms with E-state index >= 15 is 0 Å². The minimum Gasteiger partial charge on any atom is -0.354 e. The molecule has 0 bridgehead atoms. The first-order valence-corrected chi connectivity index (χ1v) is 12.2. The zero-order valence-corrected chi connectivity index (χ0v) is 20.7. The van der Waals surface area contributed by atoms with Crippen molar-refractivity contribution in [3.05, 3.63) is 69.2 Å². The fourth-order valence-corrected chi connectivity index (χ4v) is 4.35. The van der Waals surface area contributed by atoms with Crippen molar-refractivity contribution in [2.24, 2.45) is 5.92 Å². The van der Waals surface area contributed by atoms with Crippen LogP contribution in [0, 0.1) is 5.92 Å². The Labute approximate surface area is 196 Å². The molecular weight excluding hydrogens is 484 g/mol. The summed E-state index contributed by atoms with van der Waals surface area (Å²) in [6.45, 7) is 6.84. The lowest BCUT2D eigenvalue weighted by atomic mass is 10.1. The van der Waals surface area contributed by atoms with Crippen LogP contribution >= 0.6 is 39.3 Å². The summed E-state index contributed by atoms with van der Waals surface area (Å²) in [5, 5.41) is 3.63. The molecule has 0 aliphatic heterocycles. The fourth-order valence-electron chi connectivity index (χ4n) is 2.83. The Kier molecular flexibility index (Phi) is 10.2. The third-order valence-corrected chi connectivity index (χ3v) is 6.19. The Morgan fingerprint density at radius 3 is 2.47 bits per heavy atom. The number of thioether (sulfide) groups is 1. The number of hydrogen-bond donors (Lipinski definition) is 1. The monoisotopic (exact) mass is 510 g/mol. The van der Waals surface area contributed by atoms with E-state index in [2.05, 4.69) is 21.2 Å². The summed E-state index contributed by atoms with van der Waals surface area (Å²) in [6, 6.07) is 14.9. The summed E-state index contributed by atoms with van der Waals surface area (Å²) in [6.07, 6.45) is 0. The average molecular weight is 512 g/mol. The van der Waals surface area contributed by atoms with Gasteiger partial charge >= 0.3 is 0 Å². The van der Waals surface area contributed by atoms with Crippen molar-refractivity contribution in [1.82, 2.24) is 10.2 Å². The highest BCUT2D eigenvalue weighted by atomic mass is 79.9. The molecule has 0 fully saturated rings. The van der Waals surface area contributed by atoms with E-state index < -0.39 is 6.04 Å². The molecule has 0 aliphatic rings. The maximum atomic E-state index is 13.1. The van der Waals surface area contributed by atoms with Gasteiger partial charge in [-0.25, -0.2) is 0 Å². The Morgan fingerprint density at radius 1 is 1.10 bits per heavy atom. The summed E-state index contributed by atoms with van der Waals surface area (Å²) in [7, 11) is 0. The highest BCUT2D eigenvalue weighted by molar-refractivity contribution is 9.10. The molecule has 2 rings (SSSR count). The second kappa shape index (κ2) is 12.4. The molecule has 30 heavy (non-hydrogen) atoms. The van der Waals surface area contributed by atoms with Gasteiger partial charge in [0.25, 0.3) is 0 Å². The van der Waals surface area contributed by atoms with Crippen LogP contribution in [-0.4, -0.2) is 35.1 Å². The summed E-state index contributed by atoms with van der Waals surface area (Å²) < 4.78 is 0.944. The summed E-state index contributed by atoms with van der Waals surface area (Å²) >= 11 is 11.0. The van der Waals surface area contributed by atoms with Crippen LogP contribution in [0.1, 0.15) is 31.9 Å². The minimum absolute atomic E-state index is 0.0609. The molecule has 7 heteroatoms. The van der Waals surface area contributed by atoms with Crippen LogP contribution in [0.15, 0.2) is 53.0 Å². The molecule has 162 valence electrons. The SMILES string of the molecule is CC(C)CNC(=O)C(C)N(Cc1cccc(Br)c1)C(=O)CSCc1cccc(Cl)c1. The number of hydrogen-bond acceptors (Lipinski definition) is 3. The number of amides is 2. The van der Waals surface area contributed by atoms with Crippen LogP contribution < -0.4 is 5.32 Å². The van der Waals surface area contributed by atoms with Crippen molar-refractivity contribution in [3.63, 3.8) is 0 Å². The van der Waals surface area contributed by atoms with E-state index in [1.165, 1.54) is 11.8 Å². The van der Waals surface area contributed by atoms with Crippen LogP contribution in [0.4, 0.5) is 0 Å². The van der Waals surface area contributed by atoms with Gasteiger partial charge in [-0.1, -0.05) is 65.6 Å². The molecule has 2 aromatic rings. The molecule has 0 spiro atoms. The van der Waals surface area contributed by atoms with Gasteiger partial charge in [0, 0.05) is 28.3 Å². The Balaban J connectivity index is 2.06. The van der Waals surface area contributed by atoms with Crippen molar-refractivity contribution in [2.45, 2.75) is 39.1 Å². The number of nitrogens with one attached hydrogen (secondary N) is 1. The predicted octanol–water partition coefficient (Wildman–Crippen LogP) is 5.53.